The van der Waals surface area contributed by atoms with Gasteiger partial charge in [0.1, 0.15) is 23.8 Å². The molecule has 5 rings (SSSR count). The van der Waals surface area contributed by atoms with Crippen molar-refractivity contribution in [2.24, 2.45) is 10.1 Å². The number of fused-ring (bicyclic) bond motifs is 2. The van der Waals surface area contributed by atoms with E-state index in [1.165, 1.54) is 30.3 Å². The van der Waals surface area contributed by atoms with Crippen molar-refractivity contribution in [1.82, 2.24) is 15.2 Å². The van der Waals surface area contributed by atoms with Crippen LogP contribution in [0.2, 0.25) is 0 Å². The van der Waals surface area contributed by atoms with Gasteiger partial charge in [-0.05, 0) is 24.3 Å². The van der Waals surface area contributed by atoms with Crippen LogP contribution in [0.4, 0.5) is 11.4 Å². The van der Waals surface area contributed by atoms with E-state index >= 15 is 0 Å². The zero-order valence-corrected chi connectivity index (χ0v) is 17.6. The number of hydrogen-bond acceptors (Lipinski definition) is 9. The van der Waals surface area contributed by atoms with Crippen LogP contribution in [-0.4, -0.2) is 75.8 Å². The summed E-state index contributed by atoms with van der Waals surface area (Å²) in [6, 6.07) is 8.95. The average molecular weight is 450 g/mol. The Morgan fingerprint density at radius 1 is 1.18 bits per heavy atom. The molecule has 0 bridgehead atoms. The number of hydrogen-bond donors (Lipinski definition) is 4. The first-order chi connectivity index (χ1) is 16.0. The molecule has 0 unspecified atom stereocenters. The number of aliphatic imine (C=N–C) groups is 1. The van der Waals surface area contributed by atoms with E-state index in [0.29, 0.717) is 46.7 Å². The van der Waals surface area contributed by atoms with E-state index in [1.54, 1.807) is 6.07 Å². The molecular weight excluding hydrogens is 428 g/mol. The lowest BCUT2D eigenvalue weighted by atomic mass is 10.0. The molecule has 11 nitrogen and oxygen atoms in total. The zero-order chi connectivity index (χ0) is 22.9. The first-order valence-electron chi connectivity index (χ1n) is 10.6. The van der Waals surface area contributed by atoms with Gasteiger partial charge in [0.05, 0.1) is 16.2 Å². The summed E-state index contributed by atoms with van der Waals surface area (Å²) in [5.41, 5.74) is 2.44. The van der Waals surface area contributed by atoms with Crippen molar-refractivity contribution in [2.75, 3.05) is 39.3 Å². The highest BCUT2D eigenvalue weighted by Crippen LogP contribution is 2.38. The monoisotopic (exact) mass is 450 g/mol. The lowest BCUT2D eigenvalue weighted by Crippen LogP contribution is -2.44. The van der Waals surface area contributed by atoms with Gasteiger partial charge >= 0.3 is 0 Å². The molecule has 170 valence electrons. The van der Waals surface area contributed by atoms with Gasteiger partial charge in [-0.3, -0.25) is 15.0 Å². The third-order valence-electron chi connectivity index (χ3n) is 5.77. The Hall–Kier alpha value is -3.96. The third-order valence-corrected chi connectivity index (χ3v) is 5.77. The SMILES string of the molecule is O=[N+]([O-])c1ccc2[nH]c(O)c(C3=Nc4ccc(O)cc4C3=NOCCN3CCNCC3)c2c1. The van der Waals surface area contributed by atoms with E-state index in [1.807, 2.05) is 0 Å². The summed E-state index contributed by atoms with van der Waals surface area (Å²) >= 11 is 0. The molecule has 0 radical (unpaired) electrons. The maximum absolute atomic E-state index is 11.3. The van der Waals surface area contributed by atoms with E-state index in [4.69, 9.17) is 4.84 Å². The third kappa shape index (κ3) is 3.99. The van der Waals surface area contributed by atoms with Crippen molar-refractivity contribution in [3.05, 3.63) is 57.6 Å². The maximum atomic E-state index is 11.3. The van der Waals surface area contributed by atoms with Crippen molar-refractivity contribution in [2.45, 2.75) is 0 Å². The van der Waals surface area contributed by atoms with Crippen LogP contribution in [0.15, 0.2) is 46.5 Å². The van der Waals surface area contributed by atoms with Crippen molar-refractivity contribution >= 4 is 33.7 Å². The van der Waals surface area contributed by atoms with Crippen LogP contribution in [0.1, 0.15) is 11.1 Å². The number of phenolic OH excluding ortho intramolecular Hbond substituents is 1. The van der Waals surface area contributed by atoms with Crippen LogP contribution in [0, 0.1) is 10.1 Å². The molecule has 0 aliphatic carbocycles. The quantitative estimate of drug-likeness (QED) is 0.256. The Labute approximate surface area is 188 Å². The fourth-order valence-electron chi connectivity index (χ4n) is 4.11. The minimum absolute atomic E-state index is 0.0394. The predicted octanol–water partition coefficient (Wildman–Crippen LogP) is 2.25. The minimum Gasteiger partial charge on any atom is -0.508 e. The van der Waals surface area contributed by atoms with Gasteiger partial charge in [-0.15, -0.1) is 0 Å². The van der Waals surface area contributed by atoms with Gasteiger partial charge in [-0.1, -0.05) is 5.16 Å². The van der Waals surface area contributed by atoms with Gasteiger partial charge in [-0.25, -0.2) is 4.99 Å². The molecule has 4 N–H and O–H groups in total. The largest absolute Gasteiger partial charge is 0.508 e. The Balaban J connectivity index is 1.51. The van der Waals surface area contributed by atoms with Crippen molar-refractivity contribution in [3.8, 4) is 11.6 Å². The van der Waals surface area contributed by atoms with E-state index < -0.39 is 4.92 Å². The molecule has 2 aliphatic rings. The number of nitro groups is 1. The number of phenols is 1. The lowest BCUT2D eigenvalue weighted by molar-refractivity contribution is -0.384. The molecule has 1 saturated heterocycles. The summed E-state index contributed by atoms with van der Waals surface area (Å²) in [7, 11) is 0. The molecule has 0 saturated carbocycles. The number of nitrogens with zero attached hydrogens (tertiary/aromatic N) is 4. The summed E-state index contributed by atoms with van der Waals surface area (Å²) in [4.78, 5) is 26.1. The number of nitrogens with one attached hydrogen (secondary N) is 2. The molecule has 2 aliphatic heterocycles. The van der Waals surface area contributed by atoms with Gasteiger partial charge in [0.25, 0.3) is 5.69 Å². The minimum atomic E-state index is -0.495. The van der Waals surface area contributed by atoms with Crippen LogP contribution in [0.5, 0.6) is 11.6 Å². The molecule has 3 aromatic rings. The topological polar surface area (TPSA) is 149 Å². The molecule has 0 atom stereocenters. The molecule has 1 aromatic heterocycles. The number of nitro benzene ring substituents is 1. The van der Waals surface area contributed by atoms with Gasteiger partial charge in [0, 0.05) is 61.3 Å². The number of aromatic nitrogens is 1. The van der Waals surface area contributed by atoms with Gasteiger partial charge in [0.15, 0.2) is 5.88 Å². The smallest absolute Gasteiger partial charge is 0.270 e. The van der Waals surface area contributed by atoms with Crippen molar-refractivity contribution in [3.63, 3.8) is 0 Å². The van der Waals surface area contributed by atoms with Crippen molar-refractivity contribution in [1.29, 1.82) is 0 Å². The predicted molar refractivity (Wildman–Crippen MR) is 123 cm³/mol. The Bertz CT molecular complexity index is 1290. The molecular formula is C22H22N6O5. The number of oxime groups is 1. The van der Waals surface area contributed by atoms with Crippen LogP contribution in [-0.2, 0) is 4.84 Å². The van der Waals surface area contributed by atoms with Gasteiger partial charge in [-0.2, -0.15) is 0 Å². The van der Waals surface area contributed by atoms with E-state index in [9.17, 15) is 20.3 Å². The number of H-pyrrole nitrogens is 1. The molecule has 2 aromatic carbocycles. The van der Waals surface area contributed by atoms with Crippen molar-refractivity contribution < 1.29 is 20.0 Å². The lowest BCUT2D eigenvalue weighted by Gasteiger charge is -2.26. The fourth-order valence-corrected chi connectivity index (χ4v) is 4.11. The molecule has 1 fully saturated rings. The van der Waals surface area contributed by atoms with Crippen LogP contribution in [0.25, 0.3) is 10.9 Å². The highest BCUT2D eigenvalue weighted by molar-refractivity contribution is 6.58. The highest BCUT2D eigenvalue weighted by Gasteiger charge is 2.30. The normalized spacial score (nSPS) is 17.3. The molecule has 0 spiro atoms. The molecule has 33 heavy (non-hydrogen) atoms. The van der Waals surface area contributed by atoms with Gasteiger partial charge in [0.2, 0.25) is 0 Å². The fraction of sp³-hybridized carbons (Fsp3) is 0.273. The number of aromatic amines is 1. The highest BCUT2D eigenvalue weighted by atomic mass is 16.6. The summed E-state index contributed by atoms with van der Waals surface area (Å²) < 4.78 is 0. The first-order valence-corrected chi connectivity index (χ1v) is 10.6. The second-order valence-electron chi connectivity index (χ2n) is 7.86. The molecule has 0 amide bonds. The van der Waals surface area contributed by atoms with Crippen LogP contribution >= 0.6 is 0 Å². The number of piperazine rings is 1. The average Bonchev–Trinajstić information content (AvgIpc) is 3.32. The molecule has 11 heteroatoms. The number of non-ortho nitro benzene ring substituents is 1. The second kappa shape index (κ2) is 8.52. The standard InChI is InChI=1S/C22H22N6O5/c29-14-2-4-18-16(12-14)20(26-33-10-9-27-7-5-23-6-8-27)21(24-18)19-15-11-13(28(31)32)1-3-17(15)25-22(19)30/h1-4,11-12,23,25,29-30H,5-10H2. The van der Waals surface area contributed by atoms with E-state index in [0.717, 1.165) is 26.2 Å². The summed E-state index contributed by atoms with van der Waals surface area (Å²) in [5, 5.41) is 40.0. The zero-order valence-electron chi connectivity index (χ0n) is 17.6. The number of rotatable bonds is 6. The maximum Gasteiger partial charge on any atom is 0.270 e. The van der Waals surface area contributed by atoms with Crippen LogP contribution < -0.4 is 5.32 Å². The summed E-state index contributed by atoms with van der Waals surface area (Å²) in [5.74, 6) is -0.146. The Morgan fingerprint density at radius 2 is 2.00 bits per heavy atom. The Morgan fingerprint density at radius 3 is 2.79 bits per heavy atom. The summed E-state index contributed by atoms with van der Waals surface area (Å²) in [6.07, 6.45) is 0. The van der Waals surface area contributed by atoms with Crippen LogP contribution in [0.3, 0.4) is 0 Å². The van der Waals surface area contributed by atoms with E-state index in [2.05, 4.69) is 25.3 Å². The van der Waals surface area contributed by atoms with E-state index in [-0.39, 0.29) is 22.9 Å². The second-order valence-corrected chi connectivity index (χ2v) is 7.86. The Kier molecular flexibility index (Phi) is 5.40. The number of aromatic hydroxyl groups is 2. The summed E-state index contributed by atoms with van der Waals surface area (Å²) in [6.45, 7) is 4.81. The first kappa shape index (κ1) is 20.9. The van der Waals surface area contributed by atoms with Gasteiger partial charge < -0.3 is 25.4 Å². The number of benzene rings is 2. The molecule has 3 heterocycles.